The molecule has 5 aromatic rings. The minimum atomic E-state index is -0.773. The SMILES string of the molecule is O=C(OC(=Cc1nc2ccccc2n1Cc1ccc(Cl)cc1)c1cccc(F)c1)c1cccc(F)c1. The maximum atomic E-state index is 14.1. The summed E-state index contributed by atoms with van der Waals surface area (Å²) in [5.74, 6) is -1.25. The molecule has 0 unspecified atom stereocenters. The first-order chi connectivity index (χ1) is 17.5. The molecule has 0 bridgehead atoms. The molecule has 0 amide bonds. The Bertz CT molecular complexity index is 1590. The Morgan fingerprint density at radius 1 is 0.861 bits per heavy atom. The number of nitrogens with zero attached hydrogens (tertiary/aromatic N) is 2. The van der Waals surface area contributed by atoms with E-state index in [-0.39, 0.29) is 11.3 Å². The van der Waals surface area contributed by atoms with Crippen molar-refractivity contribution < 1.29 is 18.3 Å². The van der Waals surface area contributed by atoms with E-state index in [1.54, 1.807) is 12.1 Å². The van der Waals surface area contributed by atoms with Gasteiger partial charge in [0.1, 0.15) is 23.2 Å². The van der Waals surface area contributed by atoms with Crippen molar-refractivity contribution in [3.8, 4) is 0 Å². The Balaban J connectivity index is 1.61. The Morgan fingerprint density at radius 3 is 2.25 bits per heavy atom. The Hall–Kier alpha value is -4.29. The fourth-order valence-corrected chi connectivity index (χ4v) is 3.97. The molecule has 0 radical (unpaired) electrons. The number of esters is 1. The van der Waals surface area contributed by atoms with Crippen LogP contribution in [0.3, 0.4) is 0 Å². The lowest BCUT2D eigenvalue weighted by molar-refractivity contribution is 0.0693. The number of hydrogen-bond acceptors (Lipinski definition) is 3. The number of para-hydroxylation sites is 2. The molecule has 5 rings (SSSR count). The van der Waals surface area contributed by atoms with E-state index in [2.05, 4.69) is 0 Å². The summed E-state index contributed by atoms with van der Waals surface area (Å²) in [5.41, 5.74) is 2.97. The number of aromatic nitrogens is 2. The van der Waals surface area contributed by atoms with Crippen molar-refractivity contribution >= 4 is 40.4 Å². The van der Waals surface area contributed by atoms with Gasteiger partial charge in [0.25, 0.3) is 0 Å². The van der Waals surface area contributed by atoms with Crippen LogP contribution in [0.15, 0.2) is 97.1 Å². The van der Waals surface area contributed by atoms with Gasteiger partial charge in [-0.25, -0.2) is 18.6 Å². The van der Waals surface area contributed by atoms with Crippen molar-refractivity contribution in [3.05, 3.63) is 136 Å². The Morgan fingerprint density at radius 2 is 1.53 bits per heavy atom. The smallest absolute Gasteiger partial charge is 0.343 e. The van der Waals surface area contributed by atoms with Gasteiger partial charge in [-0.3, -0.25) is 0 Å². The summed E-state index contributed by atoms with van der Waals surface area (Å²) in [4.78, 5) is 17.6. The summed E-state index contributed by atoms with van der Waals surface area (Å²) in [5, 5.41) is 0.631. The summed E-state index contributed by atoms with van der Waals surface area (Å²) in [6, 6.07) is 26.0. The summed E-state index contributed by atoms with van der Waals surface area (Å²) in [6.07, 6.45) is 1.59. The number of ether oxygens (including phenoxy) is 1. The van der Waals surface area contributed by atoms with Gasteiger partial charge in [-0.05, 0) is 60.2 Å². The number of carbonyl (C=O) groups is 1. The average Bonchev–Trinajstić information content (AvgIpc) is 3.21. The van der Waals surface area contributed by atoms with Crippen molar-refractivity contribution in [1.29, 1.82) is 0 Å². The largest absolute Gasteiger partial charge is 0.422 e. The zero-order valence-electron chi connectivity index (χ0n) is 18.9. The van der Waals surface area contributed by atoms with Crippen molar-refractivity contribution in [3.63, 3.8) is 0 Å². The van der Waals surface area contributed by atoms with E-state index in [1.165, 1.54) is 36.4 Å². The van der Waals surface area contributed by atoms with Crippen LogP contribution in [-0.2, 0) is 11.3 Å². The minimum absolute atomic E-state index is 0.0342. The van der Waals surface area contributed by atoms with Crippen LogP contribution in [0.2, 0.25) is 5.02 Å². The van der Waals surface area contributed by atoms with E-state index in [4.69, 9.17) is 21.3 Å². The predicted octanol–water partition coefficient (Wildman–Crippen LogP) is 7.37. The molecule has 0 aliphatic heterocycles. The quantitative estimate of drug-likeness (QED) is 0.180. The average molecular weight is 501 g/mol. The van der Waals surface area contributed by atoms with Crippen LogP contribution in [0.25, 0.3) is 22.9 Å². The number of hydrogen-bond donors (Lipinski definition) is 0. The number of benzene rings is 4. The number of imidazole rings is 1. The van der Waals surface area contributed by atoms with Crippen LogP contribution in [0, 0.1) is 11.6 Å². The zero-order chi connectivity index (χ0) is 25.1. The van der Waals surface area contributed by atoms with Crippen LogP contribution < -0.4 is 0 Å². The van der Waals surface area contributed by atoms with Crippen LogP contribution in [0.5, 0.6) is 0 Å². The second-order valence-corrected chi connectivity index (χ2v) is 8.53. The molecular weight excluding hydrogens is 482 g/mol. The van der Waals surface area contributed by atoms with Gasteiger partial charge in [-0.2, -0.15) is 0 Å². The van der Waals surface area contributed by atoms with Crippen molar-refractivity contribution in [2.75, 3.05) is 0 Å². The third-order valence-corrected chi connectivity index (χ3v) is 5.82. The molecule has 4 nitrogen and oxygen atoms in total. The van der Waals surface area contributed by atoms with Gasteiger partial charge < -0.3 is 9.30 Å². The molecule has 0 saturated carbocycles. The molecule has 0 aliphatic carbocycles. The number of halogens is 3. The van der Waals surface area contributed by atoms with E-state index in [1.807, 2.05) is 53.1 Å². The van der Waals surface area contributed by atoms with Crippen molar-refractivity contribution in [1.82, 2.24) is 9.55 Å². The van der Waals surface area contributed by atoms with Gasteiger partial charge in [-0.15, -0.1) is 0 Å². The monoisotopic (exact) mass is 500 g/mol. The van der Waals surface area contributed by atoms with E-state index in [0.29, 0.717) is 23.0 Å². The molecule has 0 saturated heterocycles. The standard InChI is InChI=1S/C29H19ClF2N2O2/c30-22-13-11-19(12-14-22)18-34-26-10-2-1-9-25(26)33-28(34)17-27(20-5-3-7-23(31)15-20)36-29(35)21-6-4-8-24(32)16-21/h1-17H,18H2. The van der Waals surface area contributed by atoms with Crippen LogP contribution in [-0.4, -0.2) is 15.5 Å². The molecule has 0 spiro atoms. The van der Waals surface area contributed by atoms with E-state index in [0.717, 1.165) is 22.7 Å². The van der Waals surface area contributed by atoms with Gasteiger partial charge in [0, 0.05) is 23.2 Å². The number of fused-ring (bicyclic) bond motifs is 1. The third-order valence-electron chi connectivity index (χ3n) is 5.57. The van der Waals surface area contributed by atoms with E-state index >= 15 is 0 Å². The summed E-state index contributed by atoms with van der Waals surface area (Å²) in [6.45, 7) is 0.470. The van der Waals surface area contributed by atoms with Crippen LogP contribution in [0.4, 0.5) is 8.78 Å². The summed E-state index contributed by atoms with van der Waals surface area (Å²) < 4.78 is 35.4. The van der Waals surface area contributed by atoms with Crippen molar-refractivity contribution in [2.45, 2.75) is 6.54 Å². The molecule has 1 aromatic heterocycles. The lowest BCUT2D eigenvalue weighted by Gasteiger charge is -2.12. The molecule has 7 heteroatoms. The Labute approximate surface area is 211 Å². The van der Waals surface area contributed by atoms with Crippen LogP contribution in [0.1, 0.15) is 27.3 Å². The highest BCUT2D eigenvalue weighted by molar-refractivity contribution is 6.30. The molecule has 1 heterocycles. The highest BCUT2D eigenvalue weighted by Crippen LogP contribution is 2.26. The van der Waals surface area contributed by atoms with Crippen molar-refractivity contribution in [2.24, 2.45) is 0 Å². The number of carbonyl (C=O) groups excluding carboxylic acids is 1. The first kappa shape index (κ1) is 23.5. The highest BCUT2D eigenvalue weighted by atomic mass is 35.5. The van der Waals surface area contributed by atoms with Crippen LogP contribution >= 0.6 is 11.6 Å². The first-order valence-electron chi connectivity index (χ1n) is 11.1. The molecule has 0 atom stereocenters. The molecule has 0 N–H and O–H groups in total. The molecule has 178 valence electrons. The predicted molar refractivity (Wildman–Crippen MR) is 136 cm³/mol. The second-order valence-electron chi connectivity index (χ2n) is 8.09. The topological polar surface area (TPSA) is 44.1 Å². The highest BCUT2D eigenvalue weighted by Gasteiger charge is 2.17. The van der Waals surface area contributed by atoms with E-state index in [9.17, 15) is 13.6 Å². The van der Waals surface area contributed by atoms with Gasteiger partial charge in [0.15, 0.2) is 0 Å². The normalized spacial score (nSPS) is 11.6. The molecule has 4 aromatic carbocycles. The fourth-order valence-electron chi connectivity index (χ4n) is 3.85. The lowest BCUT2D eigenvalue weighted by atomic mass is 10.1. The fraction of sp³-hybridized carbons (Fsp3) is 0.0345. The lowest BCUT2D eigenvalue weighted by Crippen LogP contribution is -2.07. The maximum absolute atomic E-state index is 14.1. The van der Waals surface area contributed by atoms with Gasteiger partial charge in [0.2, 0.25) is 0 Å². The summed E-state index contributed by atoms with van der Waals surface area (Å²) in [7, 11) is 0. The second kappa shape index (κ2) is 10.1. The van der Waals surface area contributed by atoms with Gasteiger partial charge >= 0.3 is 5.97 Å². The molecule has 0 aliphatic rings. The zero-order valence-corrected chi connectivity index (χ0v) is 19.6. The minimum Gasteiger partial charge on any atom is -0.422 e. The molecular formula is C29H19ClF2N2O2. The van der Waals surface area contributed by atoms with Gasteiger partial charge in [0.05, 0.1) is 16.6 Å². The van der Waals surface area contributed by atoms with Gasteiger partial charge in [-0.1, -0.05) is 54.1 Å². The molecule has 36 heavy (non-hydrogen) atoms. The summed E-state index contributed by atoms with van der Waals surface area (Å²) >= 11 is 6.05. The van der Waals surface area contributed by atoms with E-state index < -0.39 is 17.6 Å². The number of rotatable bonds is 6. The molecule has 0 fully saturated rings. The third kappa shape index (κ3) is 5.19. The maximum Gasteiger partial charge on any atom is 0.343 e. The first-order valence-corrected chi connectivity index (χ1v) is 11.5. The Kier molecular flexibility index (Phi) is 6.60.